The van der Waals surface area contributed by atoms with Crippen molar-refractivity contribution in [2.45, 2.75) is 38.6 Å². The molecule has 0 saturated heterocycles. The minimum Gasteiger partial charge on any atom is -0.480 e. The molecule has 23 heavy (non-hydrogen) atoms. The molecule has 0 heterocycles. The minimum atomic E-state index is -4.72. The van der Waals surface area contributed by atoms with Crippen LogP contribution >= 0.6 is 11.6 Å². The van der Waals surface area contributed by atoms with Gasteiger partial charge in [0.05, 0.1) is 11.4 Å². The molecule has 128 valence electrons. The summed E-state index contributed by atoms with van der Waals surface area (Å²) in [6, 6.07) is 2.72. The van der Waals surface area contributed by atoms with Crippen LogP contribution in [0.5, 0.6) is 5.75 Å². The van der Waals surface area contributed by atoms with Crippen LogP contribution in [0.1, 0.15) is 18.9 Å². The van der Waals surface area contributed by atoms with Gasteiger partial charge in [0.25, 0.3) is 5.91 Å². The Kier molecular flexibility index (Phi) is 6.26. The SMILES string of the molecule is Cc1ccc(Cl)c(OC(C)C(=O)NC(CC(F)(F)F)C(=O)O)c1. The van der Waals surface area contributed by atoms with Crippen molar-refractivity contribution in [2.24, 2.45) is 0 Å². The number of carboxylic acid groups (broad SMARTS) is 1. The fourth-order valence-corrected chi connectivity index (χ4v) is 1.83. The van der Waals surface area contributed by atoms with Gasteiger partial charge in [0.15, 0.2) is 6.10 Å². The largest absolute Gasteiger partial charge is 0.480 e. The number of hydrogen-bond acceptors (Lipinski definition) is 3. The van der Waals surface area contributed by atoms with Crippen LogP contribution in [0.15, 0.2) is 18.2 Å². The van der Waals surface area contributed by atoms with E-state index in [2.05, 4.69) is 0 Å². The van der Waals surface area contributed by atoms with E-state index in [0.717, 1.165) is 5.56 Å². The van der Waals surface area contributed by atoms with Gasteiger partial charge in [-0.1, -0.05) is 17.7 Å². The fourth-order valence-electron chi connectivity index (χ4n) is 1.67. The Morgan fingerprint density at radius 2 is 2.00 bits per heavy atom. The van der Waals surface area contributed by atoms with Gasteiger partial charge in [-0.25, -0.2) is 4.79 Å². The molecule has 2 N–H and O–H groups in total. The smallest absolute Gasteiger partial charge is 0.391 e. The number of halogens is 4. The number of carbonyl (C=O) groups excluding carboxylic acids is 1. The summed E-state index contributed by atoms with van der Waals surface area (Å²) in [6.45, 7) is 3.04. The lowest BCUT2D eigenvalue weighted by molar-refractivity contribution is -0.160. The third-order valence-electron chi connectivity index (χ3n) is 2.81. The van der Waals surface area contributed by atoms with E-state index in [4.69, 9.17) is 21.4 Å². The van der Waals surface area contributed by atoms with Crippen molar-refractivity contribution in [1.29, 1.82) is 0 Å². The number of alkyl halides is 3. The van der Waals surface area contributed by atoms with Gasteiger partial charge in [-0.05, 0) is 31.5 Å². The normalized spacial score (nSPS) is 14.0. The van der Waals surface area contributed by atoms with Crippen LogP contribution in [0.3, 0.4) is 0 Å². The molecule has 0 aliphatic rings. The quantitative estimate of drug-likeness (QED) is 0.824. The van der Waals surface area contributed by atoms with Crippen LogP contribution in [0.2, 0.25) is 5.02 Å². The fraction of sp³-hybridized carbons (Fsp3) is 0.429. The molecule has 0 radical (unpaired) electrons. The van der Waals surface area contributed by atoms with Crippen LogP contribution in [0, 0.1) is 6.92 Å². The maximum atomic E-state index is 12.3. The van der Waals surface area contributed by atoms with Crippen molar-refractivity contribution in [3.05, 3.63) is 28.8 Å². The minimum absolute atomic E-state index is 0.178. The van der Waals surface area contributed by atoms with Crippen LogP contribution in [-0.2, 0) is 9.59 Å². The highest BCUT2D eigenvalue weighted by molar-refractivity contribution is 6.32. The van der Waals surface area contributed by atoms with Gasteiger partial charge in [-0.3, -0.25) is 4.79 Å². The molecule has 0 aliphatic carbocycles. The Balaban J connectivity index is 2.75. The van der Waals surface area contributed by atoms with E-state index in [9.17, 15) is 22.8 Å². The van der Waals surface area contributed by atoms with Gasteiger partial charge in [-0.15, -0.1) is 0 Å². The molecular weight excluding hydrogens is 339 g/mol. The van der Waals surface area contributed by atoms with E-state index in [1.807, 2.05) is 0 Å². The molecule has 0 saturated carbocycles. The second-order valence-corrected chi connectivity index (χ2v) is 5.32. The monoisotopic (exact) mass is 353 g/mol. The average Bonchev–Trinajstić information content (AvgIpc) is 2.40. The number of hydrogen-bond donors (Lipinski definition) is 2. The van der Waals surface area contributed by atoms with Crippen molar-refractivity contribution in [3.63, 3.8) is 0 Å². The molecule has 0 fully saturated rings. The van der Waals surface area contributed by atoms with E-state index < -0.39 is 36.6 Å². The maximum absolute atomic E-state index is 12.3. The van der Waals surface area contributed by atoms with E-state index in [1.54, 1.807) is 30.4 Å². The second kappa shape index (κ2) is 7.54. The molecule has 2 atom stereocenters. The van der Waals surface area contributed by atoms with Crippen LogP contribution in [0.25, 0.3) is 0 Å². The lowest BCUT2D eigenvalue weighted by Crippen LogP contribution is -2.48. The van der Waals surface area contributed by atoms with Gasteiger partial charge in [-0.2, -0.15) is 13.2 Å². The van der Waals surface area contributed by atoms with Crippen molar-refractivity contribution in [2.75, 3.05) is 0 Å². The number of amides is 1. The molecular formula is C14H15ClF3NO4. The third kappa shape index (κ3) is 6.35. The standard InChI is InChI=1S/C14H15ClF3NO4/c1-7-3-4-9(15)11(5-7)23-8(2)12(20)19-10(13(21)22)6-14(16,17)18/h3-5,8,10H,6H2,1-2H3,(H,19,20)(H,21,22). The number of benzene rings is 1. The number of carboxylic acids is 1. The average molecular weight is 354 g/mol. The van der Waals surface area contributed by atoms with Gasteiger partial charge < -0.3 is 15.2 Å². The van der Waals surface area contributed by atoms with E-state index in [0.29, 0.717) is 0 Å². The second-order valence-electron chi connectivity index (χ2n) is 4.91. The van der Waals surface area contributed by atoms with Gasteiger partial charge in [0, 0.05) is 0 Å². The van der Waals surface area contributed by atoms with Gasteiger partial charge in [0.2, 0.25) is 0 Å². The highest BCUT2D eigenvalue weighted by Gasteiger charge is 2.37. The Labute approximate surface area is 135 Å². The topological polar surface area (TPSA) is 75.6 Å². The summed E-state index contributed by atoms with van der Waals surface area (Å²) in [6.07, 6.45) is -7.61. The summed E-state index contributed by atoms with van der Waals surface area (Å²) in [5, 5.41) is 10.8. The Morgan fingerprint density at radius 3 is 2.52 bits per heavy atom. The summed E-state index contributed by atoms with van der Waals surface area (Å²) in [7, 11) is 0. The molecule has 2 unspecified atom stereocenters. The van der Waals surface area contributed by atoms with Crippen molar-refractivity contribution in [3.8, 4) is 5.75 Å². The zero-order valence-corrected chi connectivity index (χ0v) is 13.0. The highest BCUT2D eigenvalue weighted by atomic mass is 35.5. The molecule has 1 rings (SSSR count). The number of nitrogens with one attached hydrogen (secondary N) is 1. The van der Waals surface area contributed by atoms with Gasteiger partial charge in [0.1, 0.15) is 11.8 Å². The number of ether oxygens (including phenoxy) is 1. The predicted octanol–water partition coefficient (Wildman–Crippen LogP) is 2.94. The summed E-state index contributed by atoms with van der Waals surface area (Å²) in [5.74, 6) is -2.59. The third-order valence-corrected chi connectivity index (χ3v) is 3.12. The molecule has 0 aliphatic heterocycles. The first-order valence-electron chi connectivity index (χ1n) is 6.52. The Hall–Kier alpha value is -1.96. The van der Waals surface area contributed by atoms with Gasteiger partial charge >= 0.3 is 12.1 Å². The summed E-state index contributed by atoms with van der Waals surface area (Å²) < 4.78 is 42.2. The lowest BCUT2D eigenvalue weighted by Gasteiger charge is -2.20. The van der Waals surface area contributed by atoms with E-state index in [1.165, 1.54) is 6.92 Å². The zero-order valence-electron chi connectivity index (χ0n) is 12.3. The first-order valence-corrected chi connectivity index (χ1v) is 6.90. The summed E-state index contributed by atoms with van der Waals surface area (Å²) in [4.78, 5) is 22.7. The van der Waals surface area contributed by atoms with Crippen molar-refractivity contribution < 1.29 is 32.6 Å². The van der Waals surface area contributed by atoms with Crippen LogP contribution in [0.4, 0.5) is 13.2 Å². The molecule has 1 amide bonds. The summed E-state index contributed by atoms with van der Waals surface area (Å²) in [5.41, 5.74) is 0.803. The Bertz CT molecular complexity index is 592. The molecule has 5 nitrogen and oxygen atoms in total. The maximum Gasteiger partial charge on any atom is 0.391 e. The van der Waals surface area contributed by atoms with E-state index >= 15 is 0 Å². The number of aliphatic carboxylic acids is 1. The molecule has 1 aromatic carbocycles. The lowest BCUT2D eigenvalue weighted by atomic mass is 10.2. The summed E-state index contributed by atoms with van der Waals surface area (Å²) >= 11 is 5.89. The molecule has 0 bridgehead atoms. The highest BCUT2D eigenvalue weighted by Crippen LogP contribution is 2.26. The van der Waals surface area contributed by atoms with Crippen molar-refractivity contribution in [1.82, 2.24) is 5.32 Å². The van der Waals surface area contributed by atoms with E-state index in [-0.39, 0.29) is 10.8 Å². The molecule has 9 heteroatoms. The first kappa shape index (κ1) is 19.1. The number of rotatable bonds is 6. The zero-order chi connectivity index (χ0) is 17.8. The Morgan fingerprint density at radius 1 is 1.39 bits per heavy atom. The molecule has 1 aromatic rings. The van der Waals surface area contributed by atoms with Crippen molar-refractivity contribution >= 4 is 23.5 Å². The number of carbonyl (C=O) groups is 2. The van der Waals surface area contributed by atoms with Crippen LogP contribution < -0.4 is 10.1 Å². The predicted molar refractivity (Wildman–Crippen MR) is 76.5 cm³/mol. The van der Waals surface area contributed by atoms with Crippen LogP contribution in [-0.4, -0.2) is 35.3 Å². The molecule has 0 aromatic heterocycles. The number of aryl methyl sites for hydroxylation is 1. The molecule has 0 spiro atoms. The first-order chi connectivity index (χ1) is 10.5.